The first kappa shape index (κ1) is 27.1. The predicted molar refractivity (Wildman–Crippen MR) is 166 cm³/mol. The molecule has 3 heterocycles. The maximum absolute atomic E-state index is 13.7. The minimum atomic E-state index is -0.287. The molecule has 6 rings (SSSR count). The Morgan fingerprint density at radius 3 is 2.55 bits per heavy atom. The highest BCUT2D eigenvalue weighted by Crippen LogP contribution is 2.33. The molecule has 0 aliphatic heterocycles. The number of furan rings is 1. The molecule has 0 aliphatic rings. The maximum atomic E-state index is 13.7. The van der Waals surface area contributed by atoms with Crippen molar-refractivity contribution in [1.29, 1.82) is 0 Å². The highest BCUT2D eigenvalue weighted by atomic mass is 16.5. The van der Waals surface area contributed by atoms with Crippen molar-refractivity contribution in [3.8, 4) is 28.8 Å². The second kappa shape index (κ2) is 11.0. The van der Waals surface area contributed by atoms with E-state index < -0.39 is 0 Å². The third kappa shape index (κ3) is 4.85. The summed E-state index contributed by atoms with van der Waals surface area (Å²) in [6.45, 7) is 8.25. The van der Waals surface area contributed by atoms with Crippen LogP contribution in [0, 0.1) is 13.8 Å². The smallest absolute Gasteiger partial charge is 0.282 e. The summed E-state index contributed by atoms with van der Waals surface area (Å²) in [5, 5.41) is 5.93. The molecule has 212 valence electrons. The van der Waals surface area contributed by atoms with E-state index >= 15 is 0 Å². The number of hydrogen-bond donors (Lipinski definition) is 0. The summed E-state index contributed by atoms with van der Waals surface area (Å²) in [4.78, 5) is 18.5. The summed E-state index contributed by atoms with van der Waals surface area (Å²) >= 11 is 0. The van der Waals surface area contributed by atoms with Crippen LogP contribution < -0.4 is 15.0 Å². The van der Waals surface area contributed by atoms with Crippen LogP contribution >= 0.6 is 0 Å². The zero-order valence-corrected chi connectivity index (χ0v) is 24.3. The van der Waals surface area contributed by atoms with Gasteiger partial charge in [-0.1, -0.05) is 25.1 Å². The molecular weight excluding hydrogens is 528 g/mol. The van der Waals surface area contributed by atoms with Gasteiger partial charge in [-0.15, -0.1) is 0 Å². The SMILES string of the molecule is CC[C@@H](C)Oc1ccc(-n2c(C)cc(C=Nn3c(-c4cc5c(OC)cccc5o4)nc4ccccc4c3=O)c2C)cc1. The molecule has 0 saturated carbocycles. The van der Waals surface area contributed by atoms with Crippen molar-refractivity contribution in [1.82, 2.24) is 14.2 Å². The Kier molecular flexibility index (Phi) is 7.12. The first-order valence-electron chi connectivity index (χ1n) is 14.0. The molecule has 0 bridgehead atoms. The van der Waals surface area contributed by atoms with Gasteiger partial charge in [-0.3, -0.25) is 4.79 Å². The Labute approximate surface area is 243 Å². The third-order valence-electron chi connectivity index (χ3n) is 7.51. The molecule has 1 atom stereocenters. The van der Waals surface area contributed by atoms with Gasteiger partial charge in [0, 0.05) is 22.6 Å². The molecule has 0 spiro atoms. The standard InChI is InChI=1S/C34H32N4O4/c1-6-22(3)41-26-16-14-25(15-17-26)37-21(2)18-24(23(37)4)20-35-38-33(36-29-11-8-7-10-27(29)34(38)39)32-19-28-30(40-5)12-9-13-31(28)42-32/h7-20,22H,6H2,1-5H3/t22-/m1/s1. The number of nitrogens with zero attached hydrogens (tertiary/aromatic N) is 4. The lowest BCUT2D eigenvalue weighted by molar-refractivity contribution is 0.217. The minimum Gasteiger partial charge on any atom is -0.496 e. The second-order valence-electron chi connectivity index (χ2n) is 10.3. The summed E-state index contributed by atoms with van der Waals surface area (Å²) in [7, 11) is 1.61. The number of aromatic nitrogens is 3. The normalized spacial score (nSPS) is 12.4. The van der Waals surface area contributed by atoms with Gasteiger partial charge >= 0.3 is 0 Å². The van der Waals surface area contributed by atoms with E-state index in [0.29, 0.717) is 33.8 Å². The molecule has 6 aromatic rings. The highest BCUT2D eigenvalue weighted by molar-refractivity contribution is 5.89. The average molecular weight is 561 g/mol. The van der Waals surface area contributed by atoms with E-state index in [0.717, 1.165) is 40.2 Å². The average Bonchev–Trinajstić information content (AvgIpc) is 3.57. The number of para-hydroxylation sites is 1. The van der Waals surface area contributed by atoms with Crippen molar-refractivity contribution in [2.75, 3.05) is 7.11 Å². The molecule has 3 aromatic heterocycles. The van der Waals surface area contributed by atoms with Crippen molar-refractivity contribution in [2.24, 2.45) is 5.10 Å². The Balaban J connectivity index is 1.43. The largest absolute Gasteiger partial charge is 0.496 e. The van der Waals surface area contributed by atoms with Crippen LogP contribution in [0.4, 0.5) is 0 Å². The van der Waals surface area contributed by atoms with Crippen molar-refractivity contribution >= 4 is 28.1 Å². The van der Waals surface area contributed by atoms with E-state index in [-0.39, 0.29) is 11.7 Å². The molecule has 0 N–H and O–H groups in total. The van der Waals surface area contributed by atoms with E-state index in [4.69, 9.17) is 18.9 Å². The highest BCUT2D eigenvalue weighted by Gasteiger charge is 2.18. The van der Waals surface area contributed by atoms with Crippen LogP contribution in [0.3, 0.4) is 0 Å². The van der Waals surface area contributed by atoms with Gasteiger partial charge in [0.25, 0.3) is 5.56 Å². The van der Waals surface area contributed by atoms with Crippen LogP contribution in [0.1, 0.15) is 37.2 Å². The van der Waals surface area contributed by atoms with Crippen LogP contribution in [0.2, 0.25) is 0 Å². The lowest BCUT2D eigenvalue weighted by Gasteiger charge is -2.14. The fourth-order valence-corrected chi connectivity index (χ4v) is 5.14. The molecule has 0 radical (unpaired) electrons. The summed E-state index contributed by atoms with van der Waals surface area (Å²) in [6.07, 6.45) is 2.81. The number of fused-ring (bicyclic) bond motifs is 2. The number of ether oxygens (including phenoxy) is 2. The van der Waals surface area contributed by atoms with E-state index in [1.54, 1.807) is 19.4 Å². The van der Waals surface area contributed by atoms with Gasteiger partial charge in [0.15, 0.2) is 5.76 Å². The van der Waals surface area contributed by atoms with Gasteiger partial charge in [-0.25, -0.2) is 4.98 Å². The number of aryl methyl sites for hydroxylation is 1. The number of methoxy groups -OCH3 is 1. The van der Waals surface area contributed by atoms with E-state index in [2.05, 4.69) is 23.5 Å². The molecule has 3 aromatic carbocycles. The molecule has 8 heteroatoms. The van der Waals surface area contributed by atoms with Crippen LogP contribution in [0.5, 0.6) is 11.5 Å². The second-order valence-corrected chi connectivity index (χ2v) is 10.3. The van der Waals surface area contributed by atoms with Crippen molar-refractivity contribution in [3.05, 3.63) is 106 Å². The van der Waals surface area contributed by atoms with Gasteiger partial charge in [0.05, 0.1) is 35.7 Å². The molecule has 0 fully saturated rings. The number of rotatable bonds is 8. The Morgan fingerprint density at radius 2 is 1.79 bits per heavy atom. The van der Waals surface area contributed by atoms with E-state index in [1.165, 1.54) is 4.68 Å². The number of hydrogen-bond acceptors (Lipinski definition) is 6. The maximum Gasteiger partial charge on any atom is 0.282 e. The first-order chi connectivity index (χ1) is 20.4. The van der Waals surface area contributed by atoms with Gasteiger partial charge < -0.3 is 18.5 Å². The zero-order chi connectivity index (χ0) is 29.4. The van der Waals surface area contributed by atoms with Gasteiger partial charge in [0.1, 0.15) is 17.1 Å². The van der Waals surface area contributed by atoms with Crippen LogP contribution in [0.15, 0.2) is 93.2 Å². The summed E-state index contributed by atoms with van der Waals surface area (Å²) in [6, 6.07) is 24.8. The molecule has 8 nitrogen and oxygen atoms in total. The van der Waals surface area contributed by atoms with Crippen molar-refractivity contribution in [3.63, 3.8) is 0 Å². The fourth-order valence-electron chi connectivity index (χ4n) is 5.14. The summed E-state index contributed by atoms with van der Waals surface area (Å²) < 4.78 is 21.1. The zero-order valence-electron chi connectivity index (χ0n) is 24.3. The Hall–Kier alpha value is -5.11. The van der Waals surface area contributed by atoms with Crippen LogP contribution in [-0.2, 0) is 0 Å². The molecule has 0 aliphatic carbocycles. The molecule has 0 amide bonds. The first-order valence-corrected chi connectivity index (χ1v) is 14.0. The topological polar surface area (TPSA) is 83.8 Å². The molecule has 42 heavy (non-hydrogen) atoms. The van der Waals surface area contributed by atoms with E-state index in [1.807, 2.05) is 86.6 Å². The fraction of sp³-hybridized carbons (Fsp3) is 0.206. The van der Waals surface area contributed by atoms with Gasteiger partial charge in [0.2, 0.25) is 5.82 Å². The summed E-state index contributed by atoms with van der Waals surface area (Å²) in [5.74, 6) is 2.24. The molecule has 0 unspecified atom stereocenters. The quantitative estimate of drug-likeness (QED) is 0.183. The number of benzene rings is 3. The molecule has 0 saturated heterocycles. The van der Waals surface area contributed by atoms with Gasteiger partial charge in [-0.05, 0) is 87.9 Å². The van der Waals surface area contributed by atoms with Crippen LogP contribution in [0.25, 0.3) is 39.1 Å². The Morgan fingerprint density at radius 1 is 1.00 bits per heavy atom. The molecular formula is C34H32N4O4. The summed E-state index contributed by atoms with van der Waals surface area (Å²) in [5.41, 5.74) is 4.83. The van der Waals surface area contributed by atoms with Gasteiger partial charge in [-0.2, -0.15) is 9.78 Å². The predicted octanol–water partition coefficient (Wildman–Crippen LogP) is 7.29. The lowest BCUT2D eigenvalue weighted by atomic mass is 10.2. The monoisotopic (exact) mass is 560 g/mol. The minimum absolute atomic E-state index is 0.160. The van der Waals surface area contributed by atoms with Crippen molar-refractivity contribution in [2.45, 2.75) is 40.2 Å². The third-order valence-corrected chi connectivity index (χ3v) is 7.51. The Bertz CT molecular complexity index is 2000. The van der Waals surface area contributed by atoms with Crippen LogP contribution in [-0.4, -0.2) is 33.7 Å². The lowest BCUT2D eigenvalue weighted by Crippen LogP contribution is -2.20. The van der Waals surface area contributed by atoms with E-state index in [9.17, 15) is 4.79 Å². The van der Waals surface area contributed by atoms with Crippen molar-refractivity contribution < 1.29 is 13.9 Å².